The van der Waals surface area contributed by atoms with Crippen molar-refractivity contribution in [2.24, 2.45) is 0 Å². The Balaban J connectivity index is 1.26. The van der Waals surface area contributed by atoms with E-state index in [0.717, 1.165) is 21.5 Å². The van der Waals surface area contributed by atoms with Crippen molar-refractivity contribution in [1.82, 2.24) is 0 Å². The van der Waals surface area contributed by atoms with Gasteiger partial charge in [0, 0.05) is 21.5 Å². The fourth-order valence-electron chi connectivity index (χ4n) is 4.45. The van der Waals surface area contributed by atoms with Gasteiger partial charge in [-0.05, 0) is 24.3 Å². The molecule has 1 fully saturated rings. The van der Waals surface area contributed by atoms with Gasteiger partial charge in [-0.3, -0.25) is 9.05 Å². The van der Waals surface area contributed by atoms with Crippen LogP contribution in [0.15, 0.2) is 114 Å². The van der Waals surface area contributed by atoms with Crippen LogP contribution in [0.3, 0.4) is 0 Å². The van der Waals surface area contributed by atoms with Gasteiger partial charge in [-0.1, -0.05) is 72.8 Å². The van der Waals surface area contributed by atoms with Gasteiger partial charge in [-0.15, -0.1) is 0 Å². The molecule has 4 aromatic carbocycles. The van der Waals surface area contributed by atoms with Gasteiger partial charge in [0.1, 0.15) is 34.5 Å². The Bertz CT molecular complexity index is 1560. The van der Waals surface area contributed by atoms with Gasteiger partial charge < -0.3 is 21.5 Å². The molecule has 0 radical (unpaired) electrons. The lowest BCUT2D eigenvalue weighted by Gasteiger charge is -2.14. The molecule has 0 spiro atoms. The van der Waals surface area contributed by atoms with Crippen LogP contribution in [-0.2, 0) is 4.74 Å². The molecule has 1 aliphatic heterocycles. The highest BCUT2D eigenvalue weighted by Gasteiger charge is 2.34. The standard InChI is InChI=1S/C28H22O7P2/c1-5-13-23-19(9-1)20-10-2-6-14-24(20)31-36(30-23)34-27-17-29-18-28(27)35-37-32-25-15-7-3-11-21(25)22-12-4-8-16-26(22)33-37/h1-16,27-28H,17-18H2/t27-,28-/m1/s1. The zero-order valence-corrected chi connectivity index (χ0v) is 21.3. The minimum Gasteiger partial charge on any atom is -0.399 e. The predicted molar refractivity (Wildman–Crippen MR) is 144 cm³/mol. The lowest BCUT2D eigenvalue weighted by Crippen LogP contribution is -2.33. The quantitative estimate of drug-likeness (QED) is 0.226. The first-order valence-corrected chi connectivity index (χ1v) is 14.1. The van der Waals surface area contributed by atoms with E-state index < -0.39 is 28.7 Å². The van der Waals surface area contributed by atoms with Gasteiger partial charge in [0.25, 0.3) is 0 Å². The average molecular weight is 532 g/mol. The summed E-state index contributed by atoms with van der Waals surface area (Å²) in [4.78, 5) is 0. The molecule has 1 aliphatic rings. The summed E-state index contributed by atoms with van der Waals surface area (Å²) in [5.41, 5.74) is 2.84. The Morgan fingerprint density at radius 3 is 1.08 bits per heavy atom. The molecule has 0 amide bonds. The molecule has 2 atom stereocenters. The van der Waals surface area contributed by atoms with Gasteiger partial charge in [-0.2, -0.15) is 0 Å². The van der Waals surface area contributed by atoms with E-state index in [1.165, 1.54) is 0 Å². The molecule has 2 aromatic heterocycles. The summed E-state index contributed by atoms with van der Waals surface area (Å²) in [5.74, 6) is 0. The van der Waals surface area contributed by atoms with Crippen molar-refractivity contribution < 1.29 is 30.6 Å². The lowest BCUT2D eigenvalue weighted by atomic mass is 10.1. The van der Waals surface area contributed by atoms with Crippen molar-refractivity contribution in [2.75, 3.05) is 13.2 Å². The van der Waals surface area contributed by atoms with Gasteiger partial charge in [0.2, 0.25) is 0 Å². The highest BCUT2D eigenvalue weighted by molar-refractivity contribution is 7.32. The second-order valence-corrected chi connectivity index (χ2v) is 10.7. The van der Waals surface area contributed by atoms with Crippen LogP contribution < -0.4 is 9.05 Å². The Kier molecular flexibility index (Phi) is 6.01. The van der Waals surface area contributed by atoms with E-state index in [2.05, 4.69) is 0 Å². The number of benzene rings is 4. The van der Waals surface area contributed by atoms with Crippen LogP contribution in [-0.4, -0.2) is 25.4 Å². The summed E-state index contributed by atoms with van der Waals surface area (Å²) in [5, 5.41) is 3.85. The van der Waals surface area contributed by atoms with Gasteiger partial charge >= 0.3 is 16.5 Å². The number of fused-ring (bicyclic) bond motifs is 6. The summed E-state index contributed by atoms with van der Waals surface area (Å²) in [6.07, 6.45) is -0.848. The van der Waals surface area contributed by atoms with E-state index in [0.29, 0.717) is 35.5 Å². The molecule has 186 valence electrons. The zero-order chi connectivity index (χ0) is 24.6. The fraction of sp³-hybridized carbons (Fsp3) is 0.143. The largest absolute Gasteiger partial charge is 0.399 e. The van der Waals surface area contributed by atoms with E-state index in [1.54, 1.807) is 0 Å². The van der Waals surface area contributed by atoms with Crippen LogP contribution in [0.2, 0.25) is 0 Å². The molecule has 0 aliphatic carbocycles. The van der Waals surface area contributed by atoms with Gasteiger partial charge in [0.15, 0.2) is 0 Å². The molecular formula is C28H22O7P2. The maximum atomic E-state index is 6.34. The van der Waals surface area contributed by atoms with Crippen LogP contribution >= 0.6 is 16.5 Å². The topological polar surface area (TPSA) is 80.2 Å². The summed E-state index contributed by atoms with van der Waals surface area (Å²) < 4.78 is 43.2. The van der Waals surface area contributed by atoms with E-state index >= 15 is 0 Å². The molecule has 7 nitrogen and oxygen atoms in total. The first-order chi connectivity index (χ1) is 18.3. The molecule has 0 saturated carbocycles. The van der Waals surface area contributed by atoms with Crippen molar-refractivity contribution in [2.45, 2.75) is 12.2 Å². The van der Waals surface area contributed by atoms with Crippen LogP contribution in [0, 0.1) is 0 Å². The molecule has 0 N–H and O–H groups in total. The third-order valence-electron chi connectivity index (χ3n) is 6.24. The molecule has 9 heteroatoms. The smallest absolute Gasteiger partial charge is 0.387 e. The van der Waals surface area contributed by atoms with E-state index in [9.17, 15) is 0 Å². The summed E-state index contributed by atoms with van der Waals surface area (Å²) in [6.45, 7) is 0.686. The summed E-state index contributed by atoms with van der Waals surface area (Å²) in [7, 11) is -3.51. The fourth-order valence-corrected chi connectivity index (χ4v) is 6.81. The lowest BCUT2D eigenvalue weighted by molar-refractivity contribution is 0.149. The summed E-state index contributed by atoms with van der Waals surface area (Å²) >= 11 is 0. The maximum absolute atomic E-state index is 6.34. The number of rotatable bonds is 4. The number of hydrogen-bond donors (Lipinski definition) is 0. The van der Waals surface area contributed by atoms with E-state index in [4.69, 9.17) is 30.6 Å². The minimum absolute atomic E-state index is 0.343. The second-order valence-electron chi connectivity index (χ2n) is 8.62. The molecule has 0 unspecified atom stereocenters. The van der Waals surface area contributed by atoms with Crippen molar-refractivity contribution >= 4 is 60.4 Å². The van der Waals surface area contributed by atoms with E-state index in [1.807, 2.05) is 97.1 Å². The molecule has 7 rings (SSSR count). The molecule has 0 bridgehead atoms. The van der Waals surface area contributed by atoms with Crippen molar-refractivity contribution in [3.05, 3.63) is 97.1 Å². The third kappa shape index (κ3) is 4.46. The Hall–Kier alpha value is -3.44. The average Bonchev–Trinajstić information content (AvgIpc) is 3.20. The van der Waals surface area contributed by atoms with Crippen LogP contribution in [0.25, 0.3) is 43.9 Å². The highest BCUT2D eigenvalue weighted by atomic mass is 31.1. The van der Waals surface area contributed by atoms with Crippen molar-refractivity contribution in [1.29, 1.82) is 0 Å². The predicted octanol–water partition coefficient (Wildman–Crippen LogP) is 8.22. The first kappa shape index (κ1) is 22.7. The summed E-state index contributed by atoms with van der Waals surface area (Å²) in [6, 6.07) is 31.4. The van der Waals surface area contributed by atoms with Crippen LogP contribution in [0.1, 0.15) is 0 Å². The normalized spacial score (nSPS) is 17.6. The Morgan fingerprint density at radius 1 is 0.459 bits per heavy atom. The molecule has 3 heterocycles. The Morgan fingerprint density at radius 2 is 0.757 bits per heavy atom. The molecule has 1 saturated heterocycles. The molecule has 6 aromatic rings. The van der Waals surface area contributed by atoms with E-state index in [-0.39, 0.29) is 0 Å². The van der Waals surface area contributed by atoms with Crippen molar-refractivity contribution in [3.63, 3.8) is 0 Å². The Labute approximate surface area is 213 Å². The van der Waals surface area contributed by atoms with Crippen LogP contribution in [0.5, 0.6) is 0 Å². The number of ether oxygens (including phenoxy) is 1. The highest BCUT2D eigenvalue weighted by Crippen LogP contribution is 2.38. The SMILES string of the molecule is c1ccc2c(c1)op(O[C@@H]1COC[C@H]1Op1oc3ccccc3c3ccccc3o1)oc1ccccc12. The van der Waals surface area contributed by atoms with Gasteiger partial charge in [0.05, 0.1) is 13.2 Å². The maximum Gasteiger partial charge on any atom is 0.387 e. The monoisotopic (exact) mass is 532 g/mol. The zero-order valence-electron chi connectivity index (χ0n) is 19.6. The number of hydrogen-bond acceptors (Lipinski definition) is 7. The minimum atomic E-state index is -1.76. The first-order valence-electron chi connectivity index (χ1n) is 11.9. The third-order valence-corrected chi connectivity index (χ3v) is 8.51. The second kappa shape index (κ2) is 9.79. The molecular weight excluding hydrogens is 510 g/mol. The molecule has 37 heavy (non-hydrogen) atoms. The number of para-hydroxylation sites is 4. The van der Waals surface area contributed by atoms with Gasteiger partial charge in [-0.25, -0.2) is 0 Å². The van der Waals surface area contributed by atoms with Crippen LogP contribution in [0.4, 0.5) is 0 Å². The van der Waals surface area contributed by atoms with Crippen molar-refractivity contribution in [3.8, 4) is 0 Å².